The van der Waals surface area contributed by atoms with Crippen molar-refractivity contribution < 1.29 is 4.92 Å². The van der Waals surface area contributed by atoms with E-state index in [2.05, 4.69) is 12.0 Å². The molecule has 2 unspecified atom stereocenters. The lowest BCUT2D eigenvalue weighted by atomic mass is 10.1. The Hall–Kier alpha value is -1.59. The molecule has 0 radical (unpaired) electrons. The van der Waals surface area contributed by atoms with Crippen molar-refractivity contribution in [2.24, 2.45) is 5.92 Å². The third-order valence-corrected chi connectivity index (χ3v) is 3.14. The van der Waals surface area contributed by atoms with Gasteiger partial charge in [0.15, 0.2) is 0 Å². The molecule has 6 heteroatoms. The Kier molecular flexibility index (Phi) is 2.34. The van der Waals surface area contributed by atoms with Gasteiger partial charge in [0.2, 0.25) is 5.82 Å². The van der Waals surface area contributed by atoms with Gasteiger partial charge in [-0.2, -0.15) is 5.10 Å². The minimum Gasteiger partial charge on any atom is -0.378 e. The molecule has 1 aliphatic carbocycles. The van der Waals surface area contributed by atoms with E-state index >= 15 is 0 Å². The van der Waals surface area contributed by atoms with Crippen LogP contribution in [0.3, 0.4) is 0 Å². The fraction of sp³-hybridized carbons (Fsp3) is 0.667. The van der Waals surface area contributed by atoms with Gasteiger partial charge >= 0.3 is 5.69 Å². The summed E-state index contributed by atoms with van der Waals surface area (Å²) in [5.41, 5.74) is 5.62. The second-order valence-corrected chi connectivity index (χ2v) is 4.09. The van der Waals surface area contributed by atoms with Crippen LogP contribution in [0.1, 0.15) is 32.2 Å². The van der Waals surface area contributed by atoms with Crippen molar-refractivity contribution in [2.45, 2.75) is 32.2 Å². The molecule has 6 nitrogen and oxygen atoms in total. The highest BCUT2D eigenvalue weighted by molar-refractivity contribution is 5.51. The van der Waals surface area contributed by atoms with E-state index in [1.165, 1.54) is 6.20 Å². The average molecular weight is 210 g/mol. The van der Waals surface area contributed by atoms with Crippen LogP contribution in [0, 0.1) is 16.0 Å². The van der Waals surface area contributed by atoms with Crippen molar-refractivity contribution in [3.63, 3.8) is 0 Å². The maximum Gasteiger partial charge on any atom is 0.330 e. The normalized spacial score (nSPS) is 25.7. The van der Waals surface area contributed by atoms with Gasteiger partial charge in [0.1, 0.15) is 6.20 Å². The number of nitro groups is 1. The molecule has 1 aliphatic rings. The zero-order valence-electron chi connectivity index (χ0n) is 8.59. The lowest BCUT2D eigenvalue weighted by Crippen LogP contribution is -2.15. The van der Waals surface area contributed by atoms with Crippen molar-refractivity contribution in [1.29, 1.82) is 0 Å². The summed E-state index contributed by atoms with van der Waals surface area (Å²) in [4.78, 5) is 10.1. The molecule has 0 aromatic carbocycles. The highest BCUT2D eigenvalue weighted by Crippen LogP contribution is 2.37. The number of anilines is 1. The lowest BCUT2D eigenvalue weighted by molar-refractivity contribution is -0.384. The fourth-order valence-corrected chi connectivity index (χ4v) is 2.26. The maximum atomic E-state index is 10.6. The second-order valence-electron chi connectivity index (χ2n) is 4.09. The minimum absolute atomic E-state index is 0.0888. The van der Waals surface area contributed by atoms with E-state index in [9.17, 15) is 10.1 Å². The molecule has 2 atom stereocenters. The second kappa shape index (κ2) is 3.52. The summed E-state index contributed by atoms with van der Waals surface area (Å²) in [6.07, 6.45) is 4.52. The van der Waals surface area contributed by atoms with Gasteiger partial charge in [0.05, 0.1) is 11.0 Å². The summed E-state index contributed by atoms with van der Waals surface area (Å²) < 4.78 is 1.61. The SMILES string of the molecule is CC1CCCC1n1ncc([N+](=O)[O-])c1N. The first-order valence-corrected chi connectivity index (χ1v) is 5.08. The van der Waals surface area contributed by atoms with Gasteiger partial charge in [-0.15, -0.1) is 0 Å². The zero-order valence-corrected chi connectivity index (χ0v) is 8.59. The van der Waals surface area contributed by atoms with Gasteiger partial charge in [-0.3, -0.25) is 10.1 Å². The summed E-state index contributed by atoms with van der Waals surface area (Å²) in [6, 6.07) is 0.221. The summed E-state index contributed by atoms with van der Waals surface area (Å²) in [6.45, 7) is 2.13. The van der Waals surface area contributed by atoms with Crippen LogP contribution in [0.4, 0.5) is 11.5 Å². The predicted molar refractivity (Wildman–Crippen MR) is 55.3 cm³/mol. The van der Waals surface area contributed by atoms with E-state index in [1.54, 1.807) is 4.68 Å². The molecule has 0 spiro atoms. The molecule has 1 aromatic heterocycles. The Morgan fingerprint density at radius 2 is 2.40 bits per heavy atom. The molecule has 1 heterocycles. The van der Waals surface area contributed by atoms with Crippen LogP contribution in [0.25, 0.3) is 0 Å². The highest BCUT2D eigenvalue weighted by atomic mass is 16.6. The fourth-order valence-electron chi connectivity index (χ4n) is 2.26. The first kappa shape index (κ1) is 9.95. The van der Waals surface area contributed by atoms with Gasteiger partial charge in [-0.05, 0) is 18.8 Å². The van der Waals surface area contributed by atoms with E-state index in [-0.39, 0.29) is 17.5 Å². The molecule has 0 amide bonds. The van der Waals surface area contributed by atoms with Crippen molar-refractivity contribution in [2.75, 3.05) is 5.73 Å². The quantitative estimate of drug-likeness (QED) is 0.594. The Morgan fingerprint density at radius 1 is 1.67 bits per heavy atom. The molecule has 0 saturated heterocycles. The van der Waals surface area contributed by atoms with E-state index in [4.69, 9.17) is 5.73 Å². The van der Waals surface area contributed by atoms with Gasteiger partial charge in [-0.25, -0.2) is 4.68 Å². The summed E-state index contributed by atoms with van der Waals surface area (Å²) in [5.74, 6) is 0.672. The van der Waals surface area contributed by atoms with Crippen molar-refractivity contribution in [3.8, 4) is 0 Å². The number of nitrogen functional groups attached to an aromatic ring is 1. The van der Waals surface area contributed by atoms with Crippen LogP contribution >= 0.6 is 0 Å². The first-order chi connectivity index (χ1) is 7.11. The van der Waals surface area contributed by atoms with Gasteiger partial charge in [-0.1, -0.05) is 13.3 Å². The largest absolute Gasteiger partial charge is 0.378 e. The highest BCUT2D eigenvalue weighted by Gasteiger charge is 2.29. The van der Waals surface area contributed by atoms with Crippen molar-refractivity contribution in [1.82, 2.24) is 9.78 Å². The summed E-state index contributed by atoms with van der Waals surface area (Å²) >= 11 is 0. The lowest BCUT2D eigenvalue weighted by Gasteiger charge is -2.16. The Bertz CT molecular complexity index is 387. The smallest absolute Gasteiger partial charge is 0.330 e. The molecular formula is C9H14N4O2. The van der Waals surface area contributed by atoms with Crippen LogP contribution in [0.5, 0.6) is 0 Å². The number of hydrogen-bond acceptors (Lipinski definition) is 4. The average Bonchev–Trinajstić information content (AvgIpc) is 2.71. The van der Waals surface area contributed by atoms with Crippen LogP contribution in [0.15, 0.2) is 6.20 Å². The molecule has 15 heavy (non-hydrogen) atoms. The Labute approximate surface area is 87.2 Å². The summed E-state index contributed by atoms with van der Waals surface area (Å²) in [5, 5.41) is 14.6. The molecule has 0 aliphatic heterocycles. The van der Waals surface area contributed by atoms with E-state index in [0.29, 0.717) is 5.92 Å². The Balaban J connectivity index is 2.33. The monoisotopic (exact) mass is 210 g/mol. The van der Waals surface area contributed by atoms with E-state index in [0.717, 1.165) is 19.3 Å². The van der Waals surface area contributed by atoms with Crippen molar-refractivity contribution in [3.05, 3.63) is 16.3 Å². The van der Waals surface area contributed by atoms with Gasteiger partial charge in [0.25, 0.3) is 0 Å². The van der Waals surface area contributed by atoms with Crippen LogP contribution in [-0.2, 0) is 0 Å². The topological polar surface area (TPSA) is 87.0 Å². The minimum atomic E-state index is -0.488. The third kappa shape index (κ3) is 1.55. The standard InChI is InChI=1S/C9H14N4O2/c1-6-3-2-4-7(6)12-9(10)8(5-11-12)13(14)15/h5-7H,2-4,10H2,1H3. The van der Waals surface area contributed by atoms with E-state index in [1.807, 2.05) is 0 Å². The molecule has 0 bridgehead atoms. The van der Waals surface area contributed by atoms with E-state index < -0.39 is 4.92 Å². The zero-order chi connectivity index (χ0) is 11.0. The number of rotatable bonds is 2. The van der Waals surface area contributed by atoms with Crippen LogP contribution in [-0.4, -0.2) is 14.7 Å². The van der Waals surface area contributed by atoms with Gasteiger partial charge < -0.3 is 5.73 Å². The molecule has 1 saturated carbocycles. The van der Waals surface area contributed by atoms with Gasteiger partial charge in [0, 0.05) is 0 Å². The number of hydrogen-bond donors (Lipinski definition) is 1. The van der Waals surface area contributed by atoms with Crippen molar-refractivity contribution >= 4 is 11.5 Å². The molecule has 1 fully saturated rings. The molecule has 2 N–H and O–H groups in total. The predicted octanol–water partition coefficient (Wildman–Crippen LogP) is 1.73. The number of nitrogens with zero attached hydrogens (tertiary/aromatic N) is 3. The summed E-state index contributed by atoms with van der Waals surface area (Å²) in [7, 11) is 0. The number of nitrogens with two attached hydrogens (primary N) is 1. The molecule has 2 rings (SSSR count). The van der Waals surface area contributed by atoms with Crippen LogP contribution < -0.4 is 5.73 Å². The molecule has 1 aromatic rings. The first-order valence-electron chi connectivity index (χ1n) is 5.08. The third-order valence-electron chi connectivity index (χ3n) is 3.14. The van der Waals surface area contributed by atoms with Crippen LogP contribution in [0.2, 0.25) is 0 Å². The molecular weight excluding hydrogens is 196 g/mol. The Morgan fingerprint density at radius 3 is 2.87 bits per heavy atom. The number of aromatic nitrogens is 2. The maximum absolute atomic E-state index is 10.6. The molecule has 82 valence electrons.